The van der Waals surface area contributed by atoms with Crippen LogP contribution < -0.4 is 5.32 Å². The highest BCUT2D eigenvalue weighted by atomic mass is 32.1. The number of carbonyl (C=O) groups is 1. The molecular weight excluding hydrogens is 354 g/mol. The molecule has 0 fully saturated rings. The Labute approximate surface area is 162 Å². The first-order chi connectivity index (χ1) is 12.9. The van der Waals surface area contributed by atoms with Gasteiger partial charge >= 0.3 is 0 Å². The fraction of sp³-hybridized carbons (Fsp3) is 0.182. The minimum absolute atomic E-state index is 0.0852. The smallest absolute Gasteiger partial charge is 0.265 e. The first-order valence-corrected chi connectivity index (χ1v) is 9.69. The van der Waals surface area contributed by atoms with Crippen molar-refractivity contribution in [2.75, 3.05) is 5.32 Å². The van der Waals surface area contributed by atoms with E-state index in [4.69, 9.17) is 0 Å². The summed E-state index contributed by atoms with van der Waals surface area (Å²) in [7, 11) is 0. The summed E-state index contributed by atoms with van der Waals surface area (Å²) in [6.07, 6.45) is 0. The zero-order valence-corrected chi connectivity index (χ0v) is 16.6. The van der Waals surface area contributed by atoms with Gasteiger partial charge in [0.1, 0.15) is 4.83 Å². The van der Waals surface area contributed by atoms with E-state index in [1.54, 1.807) is 0 Å². The number of rotatable bonds is 3. The van der Waals surface area contributed by atoms with Gasteiger partial charge in [0.15, 0.2) is 0 Å². The van der Waals surface area contributed by atoms with Crippen molar-refractivity contribution in [2.24, 2.45) is 0 Å². The molecule has 2 aromatic heterocycles. The number of benzene rings is 2. The first-order valence-electron chi connectivity index (χ1n) is 8.87. The largest absolute Gasteiger partial charge is 0.321 e. The lowest BCUT2D eigenvalue weighted by molar-refractivity contribution is 0.103. The standard InChI is InChI=1S/C22H21N3OS/c1-13-5-8-17(9-6-13)25-22-18(16(4)24-25)12-20(27-22)21(26)23-19-10-7-14(2)11-15(19)3/h5-12H,1-4H3,(H,23,26). The van der Waals surface area contributed by atoms with Gasteiger partial charge in [0.2, 0.25) is 0 Å². The average molecular weight is 375 g/mol. The normalized spacial score (nSPS) is 11.1. The van der Waals surface area contributed by atoms with Crippen molar-refractivity contribution < 1.29 is 4.79 Å². The topological polar surface area (TPSA) is 46.9 Å². The van der Waals surface area contributed by atoms with E-state index in [0.717, 1.165) is 32.8 Å². The van der Waals surface area contributed by atoms with E-state index in [9.17, 15) is 4.79 Å². The van der Waals surface area contributed by atoms with Gasteiger partial charge in [-0.2, -0.15) is 5.10 Å². The van der Waals surface area contributed by atoms with Crippen LogP contribution >= 0.6 is 11.3 Å². The van der Waals surface area contributed by atoms with Crippen LogP contribution in [0.3, 0.4) is 0 Å². The van der Waals surface area contributed by atoms with Crippen molar-refractivity contribution in [1.29, 1.82) is 0 Å². The van der Waals surface area contributed by atoms with Crippen molar-refractivity contribution in [2.45, 2.75) is 27.7 Å². The predicted molar refractivity (Wildman–Crippen MR) is 112 cm³/mol. The van der Waals surface area contributed by atoms with E-state index in [1.165, 1.54) is 22.5 Å². The number of hydrogen-bond donors (Lipinski definition) is 1. The summed E-state index contributed by atoms with van der Waals surface area (Å²) < 4.78 is 1.92. The Morgan fingerprint density at radius 3 is 2.37 bits per heavy atom. The van der Waals surface area contributed by atoms with Gasteiger partial charge in [0.25, 0.3) is 5.91 Å². The van der Waals surface area contributed by atoms with Crippen LogP contribution in [0.5, 0.6) is 0 Å². The molecular formula is C22H21N3OS. The van der Waals surface area contributed by atoms with Crippen molar-refractivity contribution in [1.82, 2.24) is 9.78 Å². The molecule has 0 atom stereocenters. The van der Waals surface area contributed by atoms with E-state index >= 15 is 0 Å². The highest BCUT2D eigenvalue weighted by Gasteiger charge is 2.17. The minimum Gasteiger partial charge on any atom is -0.321 e. The van der Waals surface area contributed by atoms with Gasteiger partial charge in [-0.3, -0.25) is 4.79 Å². The van der Waals surface area contributed by atoms with Gasteiger partial charge in [0, 0.05) is 11.1 Å². The predicted octanol–water partition coefficient (Wildman–Crippen LogP) is 5.57. The lowest BCUT2D eigenvalue weighted by atomic mass is 10.1. The molecule has 4 aromatic rings. The Bertz CT molecular complexity index is 1150. The molecule has 0 radical (unpaired) electrons. The highest BCUT2D eigenvalue weighted by Crippen LogP contribution is 2.31. The third-order valence-electron chi connectivity index (χ3n) is 4.68. The molecule has 1 amide bonds. The van der Waals surface area contributed by atoms with Crippen molar-refractivity contribution in [3.8, 4) is 5.69 Å². The van der Waals surface area contributed by atoms with Crippen molar-refractivity contribution >= 4 is 33.1 Å². The van der Waals surface area contributed by atoms with E-state index in [-0.39, 0.29) is 5.91 Å². The number of fused-ring (bicyclic) bond motifs is 1. The number of carbonyl (C=O) groups excluding carboxylic acids is 1. The van der Waals surface area contributed by atoms with E-state index in [0.29, 0.717) is 4.88 Å². The summed E-state index contributed by atoms with van der Waals surface area (Å²) in [5.74, 6) is -0.0852. The first kappa shape index (κ1) is 17.5. The van der Waals surface area contributed by atoms with Gasteiger partial charge in [-0.1, -0.05) is 35.4 Å². The SMILES string of the molecule is Cc1ccc(-n2nc(C)c3cc(C(=O)Nc4ccc(C)cc4C)sc32)cc1. The quantitative estimate of drug-likeness (QED) is 0.509. The number of amides is 1. The Morgan fingerprint density at radius 1 is 0.963 bits per heavy atom. The van der Waals surface area contributed by atoms with E-state index in [1.807, 2.05) is 43.7 Å². The number of aromatic nitrogens is 2. The maximum Gasteiger partial charge on any atom is 0.265 e. The van der Waals surface area contributed by atoms with Crippen LogP contribution in [0.2, 0.25) is 0 Å². The van der Waals surface area contributed by atoms with Gasteiger partial charge < -0.3 is 5.32 Å². The lowest BCUT2D eigenvalue weighted by Crippen LogP contribution is -2.11. The number of nitrogens with one attached hydrogen (secondary N) is 1. The van der Waals surface area contributed by atoms with Crippen LogP contribution in [-0.4, -0.2) is 15.7 Å². The molecule has 4 rings (SSSR count). The van der Waals surface area contributed by atoms with Gasteiger partial charge in [-0.25, -0.2) is 4.68 Å². The summed E-state index contributed by atoms with van der Waals surface area (Å²) in [6, 6.07) is 16.2. The molecule has 2 heterocycles. The lowest BCUT2D eigenvalue weighted by Gasteiger charge is -2.08. The molecule has 136 valence electrons. The van der Waals surface area contributed by atoms with Gasteiger partial charge in [-0.05, 0) is 57.5 Å². The van der Waals surface area contributed by atoms with Crippen molar-refractivity contribution in [3.63, 3.8) is 0 Å². The second kappa shape index (κ2) is 6.67. The van der Waals surface area contributed by atoms with Crippen molar-refractivity contribution in [3.05, 3.63) is 75.8 Å². The van der Waals surface area contributed by atoms with Crippen LogP contribution in [0.4, 0.5) is 5.69 Å². The van der Waals surface area contributed by atoms with Crippen LogP contribution in [0, 0.1) is 27.7 Å². The van der Waals surface area contributed by atoms with Crippen LogP contribution in [-0.2, 0) is 0 Å². The average Bonchev–Trinajstić information content (AvgIpc) is 3.19. The summed E-state index contributed by atoms with van der Waals surface area (Å²) in [4.78, 5) is 14.5. The molecule has 0 aliphatic heterocycles. The number of anilines is 1. The Morgan fingerprint density at radius 2 is 1.67 bits per heavy atom. The van der Waals surface area contributed by atoms with Crippen LogP contribution in [0.25, 0.3) is 15.9 Å². The molecule has 0 spiro atoms. The fourth-order valence-corrected chi connectivity index (χ4v) is 4.24. The van der Waals surface area contributed by atoms with E-state index in [2.05, 4.69) is 47.7 Å². The molecule has 1 N–H and O–H groups in total. The molecule has 0 aliphatic carbocycles. The highest BCUT2D eigenvalue weighted by molar-refractivity contribution is 7.20. The summed E-state index contributed by atoms with van der Waals surface area (Å²) in [5, 5.41) is 8.71. The van der Waals surface area contributed by atoms with E-state index < -0.39 is 0 Å². The number of thiophene rings is 1. The second-order valence-corrected chi connectivity index (χ2v) is 7.97. The number of aryl methyl sites for hydroxylation is 4. The molecule has 27 heavy (non-hydrogen) atoms. The molecule has 0 aliphatic rings. The number of hydrogen-bond acceptors (Lipinski definition) is 3. The molecule has 0 saturated heterocycles. The molecule has 5 heteroatoms. The summed E-state index contributed by atoms with van der Waals surface area (Å²) >= 11 is 1.47. The Hall–Kier alpha value is -2.92. The Balaban J connectivity index is 1.70. The molecule has 0 saturated carbocycles. The zero-order chi connectivity index (χ0) is 19.1. The fourth-order valence-electron chi connectivity index (χ4n) is 3.16. The summed E-state index contributed by atoms with van der Waals surface area (Å²) in [5.41, 5.74) is 6.22. The van der Waals surface area contributed by atoms with Crippen LogP contribution in [0.1, 0.15) is 32.1 Å². The monoisotopic (exact) mass is 375 g/mol. The summed E-state index contributed by atoms with van der Waals surface area (Å²) in [6.45, 7) is 8.09. The molecule has 0 unspecified atom stereocenters. The second-order valence-electron chi connectivity index (χ2n) is 6.93. The van der Waals surface area contributed by atoms with Gasteiger partial charge in [-0.15, -0.1) is 11.3 Å². The molecule has 0 bridgehead atoms. The molecule has 4 nitrogen and oxygen atoms in total. The number of nitrogens with zero attached hydrogens (tertiary/aromatic N) is 2. The zero-order valence-electron chi connectivity index (χ0n) is 15.8. The maximum atomic E-state index is 12.8. The van der Waals surface area contributed by atoms with Crippen LogP contribution in [0.15, 0.2) is 48.5 Å². The molecule has 2 aromatic carbocycles. The Kier molecular flexibility index (Phi) is 4.32. The van der Waals surface area contributed by atoms with Gasteiger partial charge in [0.05, 0.1) is 16.3 Å². The minimum atomic E-state index is -0.0852. The third kappa shape index (κ3) is 3.26. The third-order valence-corrected chi connectivity index (χ3v) is 5.79. The maximum absolute atomic E-state index is 12.8.